The molecule has 0 bridgehead atoms. The lowest BCUT2D eigenvalue weighted by molar-refractivity contribution is 0.0917. The Morgan fingerprint density at radius 1 is 1.20 bits per heavy atom. The fourth-order valence-corrected chi connectivity index (χ4v) is 2.53. The molecule has 1 aromatic heterocycles. The van der Waals surface area contributed by atoms with Crippen molar-refractivity contribution in [1.82, 2.24) is 14.9 Å². The average molecular weight is 284 g/mol. The van der Waals surface area contributed by atoms with Gasteiger partial charge in [-0.2, -0.15) is 0 Å². The third-order valence-electron chi connectivity index (χ3n) is 3.55. The molecule has 0 spiro atoms. The molecular formula is C14H22F2N4. The molecule has 0 amide bonds. The van der Waals surface area contributed by atoms with Crippen LogP contribution in [0.4, 0.5) is 14.6 Å². The summed E-state index contributed by atoms with van der Waals surface area (Å²) < 4.78 is 24.9. The Morgan fingerprint density at radius 3 is 2.70 bits per heavy atom. The number of nitrogens with zero attached hydrogens (tertiary/aromatic N) is 4. The van der Waals surface area contributed by atoms with Gasteiger partial charge >= 0.3 is 0 Å². The SMILES string of the molecule is CCc1cc(N2CCCN(CC(F)F)CC2)nc(C)n1. The molecule has 1 aliphatic rings. The lowest BCUT2D eigenvalue weighted by Gasteiger charge is -2.23. The van der Waals surface area contributed by atoms with Crippen molar-refractivity contribution >= 4 is 5.82 Å². The van der Waals surface area contributed by atoms with Crippen LogP contribution in [0.5, 0.6) is 0 Å². The second kappa shape index (κ2) is 6.92. The summed E-state index contributed by atoms with van der Waals surface area (Å²) in [7, 11) is 0. The van der Waals surface area contributed by atoms with Crippen molar-refractivity contribution in [2.75, 3.05) is 37.6 Å². The number of rotatable bonds is 4. The molecule has 2 rings (SSSR count). The lowest BCUT2D eigenvalue weighted by Crippen LogP contribution is -2.34. The smallest absolute Gasteiger partial charge is 0.251 e. The molecule has 2 heterocycles. The van der Waals surface area contributed by atoms with Crippen LogP contribution in [0, 0.1) is 6.92 Å². The summed E-state index contributed by atoms with van der Waals surface area (Å²) in [6.45, 7) is 6.82. The topological polar surface area (TPSA) is 32.3 Å². The predicted molar refractivity (Wildman–Crippen MR) is 75.4 cm³/mol. The van der Waals surface area contributed by atoms with Crippen molar-refractivity contribution in [1.29, 1.82) is 0 Å². The van der Waals surface area contributed by atoms with Gasteiger partial charge in [-0.25, -0.2) is 18.7 Å². The van der Waals surface area contributed by atoms with Gasteiger partial charge in [0.15, 0.2) is 0 Å². The summed E-state index contributed by atoms with van der Waals surface area (Å²) in [6.07, 6.45) is -0.492. The first-order chi connectivity index (χ1) is 9.58. The highest BCUT2D eigenvalue weighted by Gasteiger charge is 2.19. The van der Waals surface area contributed by atoms with Crippen LogP contribution >= 0.6 is 0 Å². The highest BCUT2D eigenvalue weighted by molar-refractivity contribution is 5.40. The summed E-state index contributed by atoms with van der Waals surface area (Å²) >= 11 is 0. The molecule has 0 atom stereocenters. The third kappa shape index (κ3) is 4.10. The standard InChI is InChI=1S/C14H22F2N4/c1-3-12-9-14(18-11(2)17-12)20-6-4-5-19(7-8-20)10-13(15)16/h9,13H,3-8,10H2,1-2H3. The van der Waals surface area contributed by atoms with Gasteiger partial charge in [0.1, 0.15) is 11.6 Å². The van der Waals surface area contributed by atoms with Crippen LogP contribution in [0.1, 0.15) is 24.9 Å². The number of aromatic nitrogens is 2. The van der Waals surface area contributed by atoms with Gasteiger partial charge in [0.2, 0.25) is 0 Å². The first-order valence-corrected chi connectivity index (χ1v) is 7.18. The first kappa shape index (κ1) is 15.1. The van der Waals surface area contributed by atoms with Crippen molar-refractivity contribution in [3.8, 4) is 0 Å². The summed E-state index contributed by atoms with van der Waals surface area (Å²) in [4.78, 5) is 12.9. The number of aryl methyl sites for hydroxylation is 2. The third-order valence-corrected chi connectivity index (χ3v) is 3.55. The molecule has 4 nitrogen and oxygen atoms in total. The molecule has 0 aliphatic carbocycles. The van der Waals surface area contributed by atoms with Gasteiger partial charge in [0, 0.05) is 37.9 Å². The molecule has 112 valence electrons. The Hall–Kier alpha value is -1.30. The zero-order valence-electron chi connectivity index (χ0n) is 12.1. The summed E-state index contributed by atoms with van der Waals surface area (Å²) in [5.74, 6) is 1.70. The molecular weight excluding hydrogens is 262 g/mol. The molecule has 0 radical (unpaired) electrons. The molecule has 0 aromatic carbocycles. The van der Waals surface area contributed by atoms with E-state index in [4.69, 9.17) is 0 Å². The van der Waals surface area contributed by atoms with E-state index in [2.05, 4.69) is 21.8 Å². The zero-order chi connectivity index (χ0) is 14.5. The maximum Gasteiger partial charge on any atom is 0.251 e. The monoisotopic (exact) mass is 284 g/mol. The number of alkyl halides is 2. The minimum Gasteiger partial charge on any atom is -0.355 e. The average Bonchev–Trinajstić information content (AvgIpc) is 2.63. The minimum atomic E-state index is -2.26. The van der Waals surface area contributed by atoms with Crippen LogP contribution < -0.4 is 4.90 Å². The molecule has 1 aliphatic heterocycles. The van der Waals surface area contributed by atoms with E-state index in [1.807, 2.05) is 17.9 Å². The zero-order valence-corrected chi connectivity index (χ0v) is 12.1. The van der Waals surface area contributed by atoms with Gasteiger partial charge in [-0.3, -0.25) is 4.90 Å². The quantitative estimate of drug-likeness (QED) is 0.848. The van der Waals surface area contributed by atoms with Crippen LogP contribution in [-0.2, 0) is 6.42 Å². The van der Waals surface area contributed by atoms with Crippen molar-refractivity contribution < 1.29 is 8.78 Å². The molecule has 20 heavy (non-hydrogen) atoms. The fraction of sp³-hybridized carbons (Fsp3) is 0.714. The highest BCUT2D eigenvalue weighted by Crippen LogP contribution is 2.16. The predicted octanol–water partition coefficient (Wildman–Crippen LogP) is 2.12. The normalized spacial score (nSPS) is 17.6. The van der Waals surface area contributed by atoms with Gasteiger partial charge in [-0.05, 0) is 19.8 Å². The molecule has 1 saturated heterocycles. The number of hydrogen-bond donors (Lipinski definition) is 0. The van der Waals surface area contributed by atoms with Crippen molar-refractivity contribution in [3.05, 3.63) is 17.6 Å². The van der Waals surface area contributed by atoms with E-state index in [-0.39, 0.29) is 6.54 Å². The summed E-state index contributed by atoms with van der Waals surface area (Å²) in [5.41, 5.74) is 1.03. The Kier molecular flexibility index (Phi) is 5.23. The second-order valence-corrected chi connectivity index (χ2v) is 5.15. The van der Waals surface area contributed by atoms with Crippen molar-refractivity contribution in [3.63, 3.8) is 0 Å². The Labute approximate surface area is 118 Å². The van der Waals surface area contributed by atoms with Crippen LogP contribution in [0.3, 0.4) is 0 Å². The van der Waals surface area contributed by atoms with E-state index >= 15 is 0 Å². The van der Waals surface area contributed by atoms with E-state index in [0.29, 0.717) is 6.54 Å². The van der Waals surface area contributed by atoms with Crippen molar-refractivity contribution in [2.24, 2.45) is 0 Å². The van der Waals surface area contributed by atoms with Crippen LogP contribution in [-0.4, -0.2) is 54.0 Å². The van der Waals surface area contributed by atoms with Gasteiger partial charge in [-0.15, -0.1) is 0 Å². The Balaban J connectivity index is 2.04. The van der Waals surface area contributed by atoms with Crippen LogP contribution in [0.25, 0.3) is 0 Å². The van der Waals surface area contributed by atoms with E-state index < -0.39 is 6.43 Å². The van der Waals surface area contributed by atoms with Gasteiger partial charge in [0.05, 0.1) is 6.54 Å². The van der Waals surface area contributed by atoms with Crippen LogP contribution in [0.2, 0.25) is 0 Å². The molecule has 1 aromatic rings. The van der Waals surface area contributed by atoms with E-state index in [0.717, 1.165) is 49.8 Å². The maximum atomic E-state index is 12.4. The molecule has 6 heteroatoms. The van der Waals surface area contributed by atoms with Crippen molar-refractivity contribution in [2.45, 2.75) is 33.1 Å². The lowest BCUT2D eigenvalue weighted by atomic mass is 10.3. The molecule has 0 unspecified atom stereocenters. The van der Waals surface area contributed by atoms with Crippen LogP contribution in [0.15, 0.2) is 6.07 Å². The highest BCUT2D eigenvalue weighted by atomic mass is 19.3. The fourth-order valence-electron chi connectivity index (χ4n) is 2.53. The first-order valence-electron chi connectivity index (χ1n) is 7.18. The molecule has 0 N–H and O–H groups in total. The Morgan fingerprint density at radius 2 is 2.00 bits per heavy atom. The van der Waals surface area contributed by atoms with E-state index in [1.165, 1.54) is 0 Å². The summed E-state index contributed by atoms with van der Waals surface area (Å²) in [5, 5.41) is 0. The number of halogens is 2. The van der Waals surface area contributed by atoms with Gasteiger partial charge in [-0.1, -0.05) is 6.92 Å². The van der Waals surface area contributed by atoms with E-state index in [9.17, 15) is 8.78 Å². The van der Waals surface area contributed by atoms with Gasteiger partial charge < -0.3 is 4.90 Å². The van der Waals surface area contributed by atoms with Gasteiger partial charge in [0.25, 0.3) is 6.43 Å². The largest absolute Gasteiger partial charge is 0.355 e. The summed E-state index contributed by atoms with van der Waals surface area (Å²) in [6, 6.07) is 2.01. The Bertz CT molecular complexity index is 439. The minimum absolute atomic E-state index is 0.128. The number of hydrogen-bond acceptors (Lipinski definition) is 4. The molecule has 0 saturated carbocycles. The van der Waals surface area contributed by atoms with E-state index in [1.54, 1.807) is 0 Å². The molecule has 1 fully saturated rings. The second-order valence-electron chi connectivity index (χ2n) is 5.15. The number of anilines is 1. The maximum absolute atomic E-state index is 12.4.